The normalized spacial score (nSPS) is 14.4. The number of anilines is 1. The van der Waals surface area contributed by atoms with Gasteiger partial charge in [-0.25, -0.2) is 4.39 Å². The Morgan fingerprint density at radius 1 is 1.25 bits per heavy atom. The number of halogens is 2. The van der Waals surface area contributed by atoms with Crippen LogP contribution in [0.3, 0.4) is 0 Å². The molecule has 2 heterocycles. The van der Waals surface area contributed by atoms with Gasteiger partial charge in [0.05, 0.1) is 23.1 Å². The highest BCUT2D eigenvalue weighted by Crippen LogP contribution is 2.25. The van der Waals surface area contributed by atoms with Gasteiger partial charge in [-0.15, -0.1) is 12.4 Å². The van der Waals surface area contributed by atoms with Gasteiger partial charge in [-0.2, -0.15) is 0 Å². The van der Waals surface area contributed by atoms with E-state index >= 15 is 0 Å². The van der Waals surface area contributed by atoms with E-state index in [0.717, 1.165) is 25.8 Å². The van der Waals surface area contributed by atoms with E-state index in [4.69, 9.17) is 4.42 Å². The molecular weight excluding hydrogens is 385 g/mol. The lowest BCUT2D eigenvalue weighted by Crippen LogP contribution is -2.39. The second-order valence-corrected chi connectivity index (χ2v) is 6.78. The Bertz CT molecular complexity index is 790. The molecule has 0 radical (unpaired) electrons. The molecule has 152 valence electrons. The average molecular weight is 410 g/mol. The van der Waals surface area contributed by atoms with Gasteiger partial charge in [0.1, 0.15) is 12.1 Å². The second kappa shape index (κ2) is 10.2. The van der Waals surface area contributed by atoms with Crippen LogP contribution in [0, 0.1) is 11.7 Å². The highest BCUT2D eigenvalue weighted by atomic mass is 35.5. The number of nitrogens with one attached hydrogen (secondary N) is 2. The number of amides is 2. The summed E-state index contributed by atoms with van der Waals surface area (Å²) in [7, 11) is 1.94. The summed E-state index contributed by atoms with van der Waals surface area (Å²) in [5.74, 6) is -0.548. The van der Waals surface area contributed by atoms with Crippen molar-refractivity contribution in [2.24, 2.45) is 5.92 Å². The van der Waals surface area contributed by atoms with Gasteiger partial charge < -0.3 is 20.0 Å². The molecule has 8 heteroatoms. The van der Waals surface area contributed by atoms with Crippen LogP contribution >= 0.6 is 12.4 Å². The van der Waals surface area contributed by atoms with Gasteiger partial charge in [0, 0.05) is 13.1 Å². The van der Waals surface area contributed by atoms with Crippen molar-refractivity contribution in [3.63, 3.8) is 0 Å². The maximum atomic E-state index is 13.7. The summed E-state index contributed by atoms with van der Waals surface area (Å²) < 4.78 is 18.6. The zero-order valence-electron chi connectivity index (χ0n) is 15.7. The minimum absolute atomic E-state index is 0. The Morgan fingerprint density at radius 3 is 2.64 bits per heavy atom. The van der Waals surface area contributed by atoms with Gasteiger partial charge in [0.15, 0.2) is 0 Å². The molecule has 0 unspecified atom stereocenters. The lowest BCUT2D eigenvalue weighted by Gasteiger charge is -2.32. The Labute approximate surface area is 169 Å². The number of piperidine rings is 1. The lowest BCUT2D eigenvalue weighted by molar-refractivity contribution is 0.0688. The largest absolute Gasteiger partial charge is 0.472 e. The smallest absolute Gasteiger partial charge is 0.258 e. The maximum absolute atomic E-state index is 13.7. The molecule has 1 saturated heterocycles. The SMILES string of the molecule is CNCCC1CCN(C(=O)c2ccc(F)cc2NC(=O)c2ccoc2)CC1.Cl. The van der Waals surface area contributed by atoms with Gasteiger partial charge in [0.2, 0.25) is 0 Å². The molecule has 2 N–H and O–H groups in total. The number of nitrogens with zero attached hydrogens (tertiary/aromatic N) is 1. The number of furan rings is 1. The summed E-state index contributed by atoms with van der Waals surface area (Å²) in [6.07, 6.45) is 5.68. The fourth-order valence-electron chi connectivity index (χ4n) is 3.34. The average Bonchev–Trinajstić information content (AvgIpc) is 3.21. The molecule has 1 aromatic carbocycles. The first kappa shape index (κ1) is 21.9. The van der Waals surface area contributed by atoms with Crippen LogP contribution in [0.5, 0.6) is 0 Å². The Morgan fingerprint density at radius 2 is 2.00 bits per heavy atom. The predicted molar refractivity (Wildman–Crippen MR) is 107 cm³/mol. The van der Waals surface area contributed by atoms with Crippen LogP contribution in [0.1, 0.15) is 40.0 Å². The zero-order chi connectivity index (χ0) is 19.2. The maximum Gasteiger partial charge on any atom is 0.258 e. The summed E-state index contributed by atoms with van der Waals surface area (Å²) in [6.45, 7) is 2.31. The van der Waals surface area contributed by atoms with Gasteiger partial charge in [-0.05, 0) is 63.0 Å². The molecule has 1 aromatic heterocycles. The van der Waals surface area contributed by atoms with Crippen molar-refractivity contribution in [3.8, 4) is 0 Å². The minimum atomic E-state index is -0.514. The Hall–Kier alpha value is -2.38. The molecule has 0 saturated carbocycles. The van der Waals surface area contributed by atoms with E-state index in [9.17, 15) is 14.0 Å². The molecule has 0 spiro atoms. The fourth-order valence-corrected chi connectivity index (χ4v) is 3.34. The van der Waals surface area contributed by atoms with Gasteiger partial charge in [-0.1, -0.05) is 0 Å². The Balaban J connectivity index is 0.00000280. The monoisotopic (exact) mass is 409 g/mol. The number of carbonyl (C=O) groups is 2. The molecule has 2 aromatic rings. The van der Waals surface area contributed by atoms with Crippen LogP contribution in [0.2, 0.25) is 0 Å². The van der Waals surface area contributed by atoms with Gasteiger partial charge >= 0.3 is 0 Å². The van der Waals surface area contributed by atoms with E-state index < -0.39 is 11.7 Å². The predicted octanol–water partition coefficient (Wildman–Crippen LogP) is 3.55. The van der Waals surface area contributed by atoms with Crippen LogP contribution < -0.4 is 10.6 Å². The standard InChI is InChI=1S/C20H24FN3O3.ClH/c1-22-8-4-14-5-9-24(10-6-14)20(26)17-3-2-16(21)12-18(17)23-19(25)15-7-11-27-13-15;/h2-3,7,11-14,22H,4-6,8-10H2,1H3,(H,23,25);1H. The summed E-state index contributed by atoms with van der Waals surface area (Å²) >= 11 is 0. The minimum Gasteiger partial charge on any atom is -0.472 e. The van der Waals surface area contributed by atoms with Crippen LogP contribution in [0.4, 0.5) is 10.1 Å². The Kier molecular flexibility index (Phi) is 8.02. The molecule has 1 fully saturated rings. The van der Waals surface area contributed by atoms with Gasteiger partial charge in [0.25, 0.3) is 11.8 Å². The number of hydrogen-bond donors (Lipinski definition) is 2. The molecule has 0 bridgehead atoms. The number of carbonyl (C=O) groups excluding carboxylic acids is 2. The summed E-state index contributed by atoms with van der Waals surface area (Å²) in [6, 6.07) is 5.34. The van der Waals surface area contributed by atoms with E-state index in [2.05, 4.69) is 10.6 Å². The van der Waals surface area contributed by atoms with Crippen LogP contribution in [0.15, 0.2) is 41.2 Å². The van der Waals surface area contributed by atoms with E-state index in [0.29, 0.717) is 30.1 Å². The van der Waals surface area contributed by atoms with Crippen molar-refractivity contribution in [1.82, 2.24) is 10.2 Å². The van der Waals surface area contributed by atoms with E-state index in [1.54, 1.807) is 4.90 Å². The molecule has 28 heavy (non-hydrogen) atoms. The van der Waals surface area contributed by atoms with Crippen LogP contribution in [0.25, 0.3) is 0 Å². The van der Waals surface area contributed by atoms with Crippen molar-refractivity contribution in [1.29, 1.82) is 0 Å². The molecule has 3 rings (SSSR count). The third-order valence-electron chi connectivity index (χ3n) is 4.95. The quantitative estimate of drug-likeness (QED) is 0.765. The fraction of sp³-hybridized carbons (Fsp3) is 0.400. The molecular formula is C20H25ClFN3O3. The van der Waals surface area contributed by atoms with Crippen molar-refractivity contribution in [3.05, 3.63) is 53.7 Å². The van der Waals surface area contributed by atoms with Crippen LogP contribution in [-0.4, -0.2) is 43.4 Å². The highest BCUT2D eigenvalue weighted by molar-refractivity contribution is 6.08. The lowest BCUT2D eigenvalue weighted by atomic mass is 9.93. The van der Waals surface area contributed by atoms with E-state index in [1.807, 2.05) is 7.05 Å². The topological polar surface area (TPSA) is 74.6 Å². The van der Waals surface area contributed by atoms with E-state index in [1.165, 1.54) is 36.8 Å². The summed E-state index contributed by atoms with van der Waals surface area (Å²) in [5, 5.41) is 5.77. The molecule has 1 aliphatic rings. The highest BCUT2D eigenvalue weighted by Gasteiger charge is 2.25. The second-order valence-electron chi connectivity index (χ2n) is 6.78. The number of likely N-dealkylation sites (tertiary alicyclic amines) is 1. The zero-order valence-corrected chi connectivity index (χ0v) is 16.6. The van der Waals surface area contributed by atoms with Crippen LogP contribution in [-0.2, 0) is 0 Å². The molecule has 1 aliphatic heterocycles. The summed E-state index contributed by atoms with van der Waals surface area (Å²) in [5.41, 5.74) is 0.772. The van der Waals surface area contributed by atoms with Crippen molar-refractivity contribution >= 4 is 29.9 Å². The molecule has 6 nitrogen and oxygen atoms in total. The first-order valence-corrected chi connectivity index (χ1v) is 9.15. The number of hydrogen-bond acceptors (Lipinski definition) is 4. The first-order valence-electron chi connectivity index (χ1n) is 9.15. The van der Waals surface area contributed by atoms with Crippen molar-refractivity contribution in [2.75, 3.05) is 32.0 Å². The number of rotatable bonds is 6. The molecule has 0 aliphatic carbocycles. The van der Waals surface area contributed by atoms with E-state index in [-0.39, 0.29) is 24.0 Å². The van der Waals surface area contributed by atoms with Gasteiger partial charge in [-0.3, -0.25) is 9.59 Å². The number of benzene rings is 1. The third-order valence-corrected chi connectivity index (χ3v) is 4.95. The van der Waals surface area contributed by atoms with Crippen molar-refractivity contribution < 1.29 is 18.4 Å². The first-order chi connectivity index (χ1) is 13.1. The third kappa shape index (κ3) is 5.33. The summed E-state index contributed by atoms with van der Waals surface area (Å²) in [4.78, 5) is 27.0. The molecule has 2 amide bonds. The molecule has 0 atom stereocenters. The van der Waals surface area contributed by atoms with Crippen molar-refractivity contribution in [2.45, 2.75) is 19.3 Å².